The molecule has 4 aromatic heterocycles. The molecular weight excluding hydrogens is 865 g/mol. The first-order chi connectivity index (χ1) is 36.2. The van der Waals surface area contributed by atoms with Crippen LogP contribution in [-0.2, 0) is 0 Å². The van der Waals surface area contributed by atoms with Crippen LogP contribution in [0.4, 0.5) is 5.69 Å². The van der Waals surface area contributed by atoms with Crippen molar-refractivity contribution in [3.63, 3.8) is 0 Å². The fourth-order valence-electron chi connectivity index (χ4n) is 11.2. The first-order valence-corrected chi connectivity index (χ1v) is 23.8. The van der Waals surface area contributed by atoms with E-state index in [0.717, 1.165) is 62.2 Å². The van der Waals surface area contributed by atoms with Gasteiger partial charge >= 0.3 is 0 Å². The molecule has 0 aliphatic heterocycles. The number of rotatable bonds is 4. The van der Waals surface area contributed by atoms with Gasteiger partial charge in [-0.15, -0.1) is 22.7 Å². The van der Waals surface area contributed by atoms with Crippen LogP contribution in [0.1, 0.15) is 13.8 Å². The highest BCUT2D eigenvalue weighted by Gasteiger charge is 2.33. The van der Waals surface area contributed by atoms with Crippen molar-refractivity contribution in [3.8, 4) is 39.7 Å². The van der Waals surface area contributed by atoms with Crippen LogP contribution in [0.15, 0.2) is 194 Å². The normalized spacial score (nSPS) is 13.3. The molecule has 0 aliphatic carbocycles. The zero-order chi connectivity index (χ0) is 50.0. The van der Waals surface area contributed by atoms with E-state index >= 15 is 0 Å². The Morgan fingerprint density at radius 3 is 1.41 bits per heavy atom. The van der Waals surface area contributed by atoms with Crippen molar-refractivity contribution < 1.29 is 8.22 Å². The van der Waals surface area contributed by atoms with E-state index < -0.39 is 0 Å². The first-order valence-electron chi connectivity index (χ1n) is 25.2. The average Bonchev–Trinajstić information content (AvgIpc) is 4.29. The smallest absolute Gasteiger partial charge is 0.220 e. The van der Waals surface area contributed by atoms with Gasteiger partial charge in [-0.25, -0.2) is 4.85 Å². The zero-order valence-corrected chi connectivity index (χ0v) is 37.2. The van der Waals surface area contributed by atoms with Gasteiger partial charge in [-0.2, -0.15) is 5.26 Å². The summed E-state index contributed by atoms with van der Waals surface area (Å²) in [5.74, 6) is 0. The summed E-state index contributed by atoms with van der Waals surface area (Å²) in [6.07, 6.45) is 0. The lowest BCUT2D eigenvalue weighted by Gasteiger charge is -2.26. The minimum atomic E-state index is -0.344. The van der Waals surface area contributed by atoms with E-state index in [1.807, 2.05) is 97.1 Å². The topological polar surface area (TPSA) is 38.0 Å². The van der Waals surface area contributed by atoms with E-state index in [1.54, 1.807) is 27.2 Å². The maximum Gasteiger partial charge on any atom is 0.220 e. The van der Waals surface area contributed by atoms with Crippen molar-refractivity contribution in [3.05, 3.63) is 211 Å². The van der Waals surface area contributed by atoms with Crippen molar-refractivity contribution in [2.75, 3.05) is 0 Å². The molecule has 0 saturated carbocycles. The third kappa shape index (κ3) is 4.79. The molecule has 4 nitrogen and oxygen atoms in total. The maximum absolute atomic E-state index is 12.2. The van der Waals surface area contributed by atoms with Gasteiger partial charge in [0.15, 0.2) is 0 Å². The van der Waals surface area contributed by atoms with Crippen LogP contribution in [0.25, 0.3) is 144 Å². The monoisotopic (exact) mass is 902 g/mol. The van der Waals surface area contributed by atoms with Gasteiger partial charge in [0.05, 0.1) is 63.2 Å². The highest BCUT2D eigenvalue weighted by Crippen LogP contribution is 2.55. The Kier molecular flexibility index (Phi) is 6.53. The van der Waals surface area contributed by atoms with Gasteiger partial charge in [0.25, 0.3) is 0 Å². The molecule has 0 spiro atoms. The van der Waals surface area contributed by atoms with Crippen molar-refractivity contribution in [2.24, 2.45) is 0 Å². The lowest BCUT2D eigenvalue weighted by atomic mass is 9.88. The molecular formula is C62H32N4S2. The molecule has 15 aromatic rings. The van der Waals surface area contributed by atoms with Crippen LogP contribution in [0.3, 0.4) is 0 Å². The maximum atomic E-state index is 12.2. The molecule has 0 atom stereocenters. The van der Waals surface area contributed by atoms with E-state index in [9.17, 15) is 20.1 Å². The van der Waals surface area contributed by atoms with Gasteiger partial charge in [-0.05, 0) is 56.9 Å². The van der Waals surface area contributed by atoms with Gasteiger partial charge in [-0.3, -0.25) is 0 Å². The van der Waals surface area contributed by atoms with Crippen molar-refractivity contribution in [1.29, 1.82) is 5.26 Å². The SMILES string of the molecule is [2H]c1c([2H])c2c3ccccc3c3c([2H])c([2H])c([2H])c4c3c2c(c1[2H])n4-c1c([N+]#[C-])c(-c2ccccc2)c(C#N)c(-n2c3c(ccc4c5ccccc5sc43)c3ccc4c5ccccc5sc4c32)c1-c1ccccc1. The van der Waals surface area contributed by atoms with Crippen molar-refractivity contribution >= 4 is 134 Å². The minimum absolute atomic E-state index is 0.0653. The summed E-state index contributed by atoms with van der Waals surface area (Å²) in [6.45, 7) is 9.40. The van der Waals surface area contributed by atoms with Crippen LogP contribution < -0.4 is 0 Å². The molecule has 312 valence electrons. The fourth-order valence-corrected chi connectivity index (χ4v) is 13.7. The number of fused-ring (bicyclic) bond motifs is 14. The third-order valence-electron chi connectivity index (χ3n) is 13.9. The van der Waals surface area contributed by atoms with Gasteiger partial charge in [-0.1, -0.05) is 170 Å². The quantitative estimate of drug-likeness (QED) is 0.128. The Hall–Kier alpha value is -8.78. The second-order valence-electron chi connectivity index (χ2n) is 17.2. The lowest BCUT2D eigenvalue weighted by Crippen LogP contribution is -2.09. The van der Waals surface area contributed by atoms with E-state index in [4.69, 9.17) is 0 Å². The number of thiophene rings is 2. The van der Waals surface area contributed by atoms with Gasteiger partial charge in [0.2, 0.25) is 5.69 Å². The summed E-state index contributed by atoms with van der Waals surface area (Å²) in [4.78, 5) is 4.44. The molecule has 68 heavy (non-hydrogen) atoms. The number of hydrogen-bond donors (Lipinski definition) is 0. The van der Waals surface area contributed by atoms with Crippen LogP contribution in [0.5, 0.6) is 0 Å². The molecule has 0 radical (unpaired) electrons. The first kappa shape index (κ1) is 32.0. The summed E-state index contributed by atoms with van der Waals surface area (Å²) in [7, 11) is 0. The second kappa shape index (κ2) is 13.9. The van der Waals surface area contributed by atoms with Crippen LogP contribution in [0, 0.1) is 17.9 Å². The van der Waals surface area contributed by atoms with Gasteiger partial charge in [0.1, 0.15) is 6.07 Å². The standard InChI is InChI=1S/C62H32N4S2/c1-64-56-52(35-16-4-2-5-17-35)47(34-63)57(53(36-18-6-3-7-19-36)60(56)65-48-26-14-24-41-37-20-8-9-21-38(37)42-25-15-27-49(65)55(42)54(41)48)66-58-43(30-32-45-39-22-10-12-28-50(39)67-61(45)58)44-31-33-46-40-23-11-13-29-51(40)68-62(46)59(44)66/h2-33H/i14D,15D,24D,25D,26D,27D. The summed E-state index contributed by atoms with van der Waals surface area (Å²) < 4.78 is 66.3. The van der Waals surface area contributed by atoms with Crippen molar-refractivity contribution in [1.82, 2.24) is 9.13 Å². The minimum Gasteiger partial charge on any atom is -0.318 e. The van der Waals surface area contributed by atoms with E-state index in [1.165, 1.54) is 0 Å². The molecule has 0 N–H and O–H groups in total. The molecule has 0 aliphatic rings. The molecule has 0 bridgehead atoms. The Balaban J connectivity index is 1.30. The Morgan fingerprint density at radius 2 is 0.912 bits per heavy atom. The average molecular weight is 903 g/mol. The van der Waals surface area contributed by atoms with Crippen LogP contribution in [0.2, 0.25) is 0 Å². The summed E-state index contributed by atoms with van der Waals surface area (Å²) in [5.41, 5.74) is 5.15. The van der Waals surface area contributed by atoms with Gasteiger partial charge < -0.3 is 9.13 Å². The second-order valence-corrected chi connectivity index (χ2v) is 19.3. The Morgan fingerprint density at radius 1 is 0.456 bits per heavy atom. The molecule has 0 saturated heterocycles. The number of benzene rings is 11. The Labute approximate surface area is 405 Å². The molecule has 4 heterocycles. The number of nitriles is 1. The molecule has 11 aromatic carbocycles. The molecule has 0 amide bonds. The molecule has 6 heteroatoms. The predicted octanol–water partition coefficient (Wildman–Crippen LogP) is 18.1. The number of hydrogen-bond acceptors (Lipinski definition) is 3. The highest BCUT2D eigenvalue weighted by molar-refractivity contribution is 7.27. The summed E-state index contributed by atoms with van der Waals surface area (Å²) in [5, 5.41) is 21.2. The zero-order valence-electron chi connectivity index (χ0n) is 41.6. The molecule has 0 unspecified atom stereocenters. The Bertz CT molecular complexity index is 4880. The number of nitrogens with zero attached hydrogens (tertiary/aromatic N) is 4. The van der Waals surface area contributed by atoms with Gasteiger partial charge in [0, 0.05) is 63.6 Å². The van der Waals surface area contributed by atoms with Crippen molar-refractivity contribution in [2.45, 2.75) is 0 Å². The van der Waals surface area contributed by atoms with E-state index in [-0.39, 0.29) is 64.2 Å². The largest absolute Gasteiger partial charge is 0.318 e. The van der Waals surface area contributed by atoms with E-state index in [2.05, 4.69) is 76.1 Å². The summed E-state index contributed by atoms with van der Waals surface area (Å²) >= 11 is 3.38. The molecule has 0 fully saturated rings. The van der Waals surface area contributed by atoms with Crippen LogP contribution in [-0.4, -0.2) is 9.13 Å². The highest BCUT2D eigenvalue weighted by atomic mass is 32.1. The fraction of sp³-hybridized carbons (Fsp3) is 0. The lowest BCUT2D eigenvalue weighted by molar-refractivity contribution is 1.14. The summed E-state index contributed by atoms with van der Waals surface area (Å²) in [6, 6.07) is 53.0. The number of aromatic nitrogens is 2. The van der Waals surface area contributed by atoms with Crippen LogP contribution >= 0.6 is 22.7 Å². The molecule has 15 rings (SSSR count). The predicted molar refractivity (Wildman–Crippen MR) is 289 cm³/mol. The van der Waals surface area contributed by atoms with E-state index in [0.29, 0.717) is 60.3 Å². The third-order valence-corrected chi connectivity index (χ3v) is 16.3.